The number of hydrogen-bond donors (Lipinski definition) is 1. The SMILES string of the molecule is CNC1c2ccccc2CC1Cc1ccc(C)cc1Cl. The van der Waals surface area contributed by atoms with Crippen molar-refractivity contribution < 1.29 is 0 Å². The Morgan fingerprint density at radius 1 is 1.20 bits per heavy atom. The molecule has 1 nitrogen and oxygen atoms in total. The van der Waals surface area contributed by atoms with Gasteiger partial charge < -0.3 is 5.32 Å². The highest BCUT2D eigenvalue weighted by molar-refractivity contribution is 6.31. The van der Waals surface area contributed by atoms with Gasteiger partial charge in [0.2, 0.25) is 0 Å². The summed E-state index contributed by atoms with van der Waals surface area (Å²) in [6.07, 6.45) is 2.16. The molecule has 0 saturated carbocycles. The Morgan fingerprint density at radius 3 is 2.75 bits per heavy atom. The Bertz CT molecular complexity index is 621. The third kappa shape index (κ3) is 2.48. The number of nitrogens with one attached hydrogen (secondary N) is 1. The normalized spacial score (nSPS) is 20.9. The van der Waals surface area contributed by atoms with Gasteiger partial charge in [0, 0.05) is 11.1 Å². The van der Waals surface area contributed by atoms with Crippen molar-refractivity contribution in [2.75, 3.05) is 7.05 Å². The highest BCUT2D eigenvalue weighted by Crippen LogP contribution is 2.38. The maximum Gasteiger partial charge on any atom is 0.0440 e. The van der Waals surface area contributed by atoms with Crippen molar-refractivity contribution in [3.05, 3.63) is 69.7 Å². The fourth-order valence-electron chi connectivity index (χ4n) is 3.36. The third-order valence-electron chi connectivity index (χ3n) is 4.35. The van der Waals surface area contributed by atoms with Crippen LogP contribution >= 0.6 is 11.6 Å². The van der Waals surface area contributed by atoms with Gasteiger partial charge in [0.15, 0.2) is 0 Å². The van der Waals surface area contributed by atoms with Crippen molar-refractivity contribution in [3.8, 4) is 0 Å². The van der Waals surface area contributed by atoms with E-state index in [0.29, 0.717) is 12.0 Å². The van der Waals surface area contributed by atoms with Crippen molar-refractivity contribution in [2.24, 2.45) is 5.92 Å². The highest BCUT2D eigenvalue weighted by Gasteiger charge is 2.31. The van der Waals surface area contributed by atoms with Crippen LogP contribution in [0.3, 0.4) is 0 Å². The van der Waals surface area contributed by atoms with E-state index in [0.717, 1.165) is 17.9 Å². The van der Waals surface area contributed by atoms with E-state index in [1.165, 1.54) is 22.3 Å². The maximum absolute atomic E-state index is 6.39. The Hall–Kier alpha value is -1.31. The predicted molar refractivity (Wildman–Crippen MR) is 85.3 cm³/mol. The van der Waals surface area contributed by atoms with E-state index in [4.69, 9.17) is 11.6 Å². The maximum atomic E-state index is 6.39. The summed E-state index contributed by atoms with van der Waals surface area (Å²) in [5.41, 5.74) is 5.40. The Kier molecular flexibility index (Phi) is 3.82. The molecule has 0 bridgehead atoms. The summed E-state index contributed by atoms with van der Waals surface area (Å²) in [5.74, 6) is 0.581. The molecule has 0 aliphatic heterocycles. The lowest BCUT2D eigenvalue weighted by molar-refractivity contribution is 0.410. The monoisotopic (exact) mass is 285 g/mol. The topological polar surface area (TPSA) is 12.0 Å². The van der Waals surface area contributed by atoms with Crippen LogP contribution < -0.4 is 5.32 Å². The van der Waals surface area contributed by atoms with Gasteiger partial charge in [0.25, 0.3) is 0 Å². The molecule has 0 spiro atoms. The second-order valence-electron chi connectivity index (χ2n) is 5.73. The summed E-state index contributed by atoms with van der Waals surface area (Å²) in [6, 6.07) is 15.6. The van der Waals surface area contributed by atoms with E-state index in [1.54, 1.807) is 0 Å². The van der Waals surface area contributed by atoms with Crippen LogP contribution in [0.5, 0.6) is 0 Å². The lowest BCUT2D eigenvalue weighted by atomic mass is 9.92. The number of fused-ring (bicyclic) bond motifs is 1. The highest BCUT2D eigenvalue weighted by atomic mass is 35.5. The van der Waals surface area contributed by atoms with Crippen molar-refractivity contribution >= 4 is 11.6 Å². The molecule has 1 aliphatic rings. The summed E-state index contributed by atoms with van der Waals surface area (Å²) in [4.78, 5) is 0. The Balaban J connectivity index is 1.85. The molecule has 0 aromatic heterocycles. The summed E-state index contributed by atoms with van der Waals surface area (Å²) < 4.78 is 0. The van der Waals surface area contributed by atoms with E-state index in [9.17, 15) is 0 Å². The predicted octanol–water partition coefficient (Wildman–Crippen LogP) is 4.32. The van der Waals surface area contributed by atoms with Gasteiger partial charge in [-0.2, -0.15) is 0 Å². The molecule has 2 atom stereocenters. The van der Waals surface area contributed by atoms with Crippen molar-refractivity contribution in [1.29, 1.82) is 0 Å². The minimum absolute atomic E-state index is 0.434. The Morgan fingerprint density at radius 2 is 2.00 bits per heavy atom. The van der Waals surface area contributed by atoms with Crippen LogP contribution in [0.1, 0.15) is 28.3 Å². The van der Waals surface area contributed by atoms with Gasteiger partial charge in [0.05, 0.1) is 0 Å². The van der Waals surface area contributed by atoms with Gasteiger partial charge in [-0.25, -0.2) is 0 Å². The minimum Gasteiger partial charge on any atom is -0.313 e. The van der Waals surface area contributed by atoms with Crippen LogP contribution in [0.4, 0.5) is 0 Å². The van der Waals surface area contributed by atoms with Gasteiger partial charge >= 0.3 is 0 Å². The van der Waals surface area contributed by atoms with Gasteiger partial charge in [-0.3, -0.25) is 0 Å². The van der Waals surface area contributed by atoms with Gasteiger partial charge in [-0.1, -0.05) is 48.0 Å². The number of benzene rings is 2. The van der Waals surface area contributed by atoms with Gasteiger partial charge in [0.1, 0.15) is 0 Å². The second kappa shape index (κ2) is 5.59. The molecular formula is C18H20ClN. The first kappa shape index (κ1) is 13.7. The molecule has 104 valence electrons. The van der Waals surface area contributed by atoms with Gasteiger partial charge in [-0.15, -0.1) is 0 Å². The molecule has 1 N–H and O–H groups in total. The lowest BCUT2D eigenvalue weighted by Crippen LogP contribution is -2.23. The number of aryl methyl sites for hydroxylation is 1. The standard InChI is InChI=1S/C18H20ClN/c1-12-7-8-14(17(19)9-12)11-15-10-13-5-3-4-6-16(13)18(15)20-2/h3-9,15,18,20H,10-11H2,1-2H3. The van der Waals surface area contributed by atoms with E-state index in [2.05, 4.69) is 61.8 Å². The van der Waals surface area contributed by atoms with Crippen LogP contribution in [0, 0.1) is 12.8 Å². The first-order chi connectivity index (χ1) is 9.69. The summed E-state index contributed by atoms with van der Waals surface area (Å²) in [5, 5.41) is 4.38. The first-order valence-corrected chi connectivity index (χ1v) is 7.57. The fraction of sp³-hybridized carbons (Fsp3) is 0.333. The first-order valence-electron chi connectivity index (χ1n) is 7.19. The molecule has 20 heavy (non-hydrogen) atoms. The second-order valence-corrected chi connectivity index (χ2v) is 6.14. The van der Waals surface area contributed by atoms with Crippen molar-refractivity contribution in [2.45, 2.75) is 25.8 Å². The molecule has 0 heterocycles. The molecule has 2 aromatic carbocycles. The van der Waals surface area contributed by atoms with E-state index in [1.807, 2.05) is 0 Å². The molecule has 2 unspecified atom stereocenters. The molecule has 0 amide bonds. The zero-order valence-corrected chi connectivity index (χ0v) is 12.7. The zero-order valence-electron chi connectivity index (χ0n) is 12.0. The average Bonchev–Trinajstić information content (AvgIpc) is 2.79. The number of rotatable bonds is 3. The van der Waals surface area contributed by atoms with Crippen LogP contribution in [0.25, 0.3) is 0 Å². The van der Waals surface area contributed by atoms with E-state index in [-0.39, 0.29) is 0 Å². The molecule has 1 aliphatic carbocycles. The molecule has 0 fully saturated rings. The zero-order chi connectivity index (χ0) is 14.1. The molecule has 3 rings (SSSR count). The summed E-state index contributed by atoms with van der Waals surface area (Å²) in [6.45, 7) is 2.08. The fourth-order valence-corrected chi connectivity index (χ4v) is 3.67. The van der Waals surface area contributed by atoms with E-state index >= 15 is 0 Å². The van der Waals surface area contributed by atoms with Gasteiger partial charge in [-0.05, 0) is 61.1 Å². The third-order valence-corrected chi connectivity index (χ3v) is 4.70. The molecule has 0 saturated heterocycles. The van der Waals surface area contributed by atoms with Crippen LogP contribution in [-0.4, -0.2) is 7.05 Å². The van der Waals surface area contributed by atoms with Crippen LogP contribution in [0.15, 0.2) is 42.5 Å². The summed E-state index contributed by atoms with van der Waals surface area (Å²) >= 11 is 6.39. The van der Waals surface area contributed by atoms with Crippen LogP contribution in [-0.2, 0) is 12.8 Å². The average molecular weight is 286 g/mol. The lowest BCUT2D eigenvalue weighted by Gasteiger charge is -2.20. The molecule has 2 heteroatoms. The largest absolute Gasteiger partial charge is 0.313 e. The number of halogens is 1. The van der Waals surface area contributed by atoms with Crippen molar-refractivity contribution in [3.63, 3.8) is 0 Å². The summed E-state index contributed by atoms with van der Waals surface area (Å²) in [7, 11) is 2.05. The quantitative estimate of drug-likeness (QED) is 0.885. The smallest absolute Gasteiger partial charge is 0.0440 e. The Labute approximate surface area is 126 Å². The number of hydrogen-bond acceptors (Lipinski definition) is 1. The molecule has 0 radical (unpaired) electrons. The van der Waals surface area contributed by atoms with Crippen molar-refractivity contribution in [1.82, 2.24) is 5.32 Å². The molecular weight excluding hydrogens is 266 g/mol. The molecule has 2 aromatic rings. The van der Waals surface area contributed by atoms with E-state index < -0.39 is 0 Å². The minimum atomic E-state index is 0.434. The van der Waals surface area contributed by atoms with Crippen LogP contribution in [0.2, 0.25) is 5.02 Å².